The van der Waals surface area contributed by atoms with Crippen LogP contribution >= 0.6 is 0 Å². The zero-order valence-electron chi connectivity index (χ0n) is 10.8. The van der Waals surface area contributed by atoms with E-state index in [1.54, 1.807) is 0 Å². The topological polar surface area (TPSA) is 87.6 Å². The van der Waals surface area contributed by atoms with Gasteiger partial charge in [-0.3, -0.25) is 0 Å². The lowest BCUT2D eigenvalue weighted by Crippen LogP contribution is -2.42. The second kappa shape index (κ2) is 4.57. The maximum atomic E-state index is 12.4. The molecule has 0 aliphatic carbocycles. The molecule has 0 atom stereocenters. The third-order valence-corrected chi connectivity index (χ3v) is 5.39. The SMILES string of the molecule is CC1(C)CCCN1S(=O)(=O)c1ccc(C(=O)O)cn1. The Labute approximate surface area is 112 Å². The normalized spacial score (nSPS) is 19.5. The molecule has 2 rings (SSSR count). The van der Waals surface area contributed by atoms with Gasteiger partial charge in [-0.05, 0) is 38.8 Å². The summed E-state index contributed by atoms with van der Waals surface area (Å²) in [5, 5.41) is 8.67. The zero-order valence-corrected chi connectivity index (χ0v) is 11.6. The highest BCUT2D eigenvalue weighted by molar-refractivity contribution is 7.89. The summed E-state index contributed by atoms with van der Waals surface area (Å²) >= 11 is 0. The van der Waals surface area contributed by atoms with Crippen molar-refractivity contribution in [1.29, 1.82) is 0 Å². The minimum Gasteiger partial charge on any atom is -0.478 e. The highest BCUT2D eigenvalue weighted by Gasteiger charge is 2.41. The molecule has 2 heterocycles. The lowest BCUT2D eigenvalue weighted by atomic mass is 10.0. The number of carbonyl (C=O) groups is 1. The number of carboxylic acids is 1. The van der Waals surface area contributed by atoms with Crippen LogP contribution in [0.25, 0.3) is 0 Å². The van der Waals surface area contributed by atoms with Crippen LogP contribution in [0.1, 0.15) is 37.0 Å². The van der Waals surface area contributed by atoms with Crippen molar-refractivity contribution in [1.82, 2.24) is 9.29 Å². The van der Waals surface area contributed by atoms with Gasteiger partial charge in [-0.1, -0.05) is 0 Å². The first-order valence-electron chi connectivity index (χ1n) is 5.97. The Balaban J connectivity index is 2.37. The van der Waals surface area contributed by atoms with Gasteiger partial charge in [0.25, 0.3) is 10.0 Å². The molecule has 19 heavy (non-hydrogen) atoms. The fraction of sp³-hybridized carbons (Fsp3) is 0.500. The average molecular weight is 284 g/mol. The molecule has 1 saturated heterocycles. The van der Waals surface area contributed by atoms with E-state index in [1.807, 2.05) is 13.8 Å². The summed E-state index contributed by atoms with van der Waals surface area (Å²) in [6.07, 6.45) is 2.69. The summed E-state index contributed by atoms with van der Waals surface area (Å²) in [6.45, 7) is 4.23. The van der Waals surface area contributed by atoms with Crippen LogP contribution in [0.5, 0.6) is 0 Å². The molecular formula is C12H16N2O4S. The second-order valence-corrected chi connectivity index (χ2v) is 6.99. The zero-order chi connectivity index (χ0) is 14.3. The molecule has 0 radical (unpaired) electrons. The Bertz CT molecular complexity index is 593. The van der Waals surface area contributed by atoms with Crippen molar-refractivity contribution in [2.24, 2.45) is 0 Å². The Morgan fingerprint density at radius 3 is 2.53 bits per heavy atom. The van der Waals surface area contributed by atoms with E-state index in [0.717, 1.165) is 19.0 Å². The predicted octanol–water partition coefficient (Wildman–Crippen LogP) is 1.34. The monoisotopic (exact) mass is 284 g/mol. The van der Waals surface area contributed by atoms with Gasteiger partial charge in [0.05, 0.1) is 5.56 Å². The van der Waals surface area contributed by atoms with Crippen molar-refractivity contribution in [3.05, 3.63) is 23.9 Å². The van der Waals surface area contributed by atoms with Gasteiger partial charge in [0.2, 0.25) is 0 Å². The van der Waals surface area contributed by atoms with Crippen LogP contribution in [0.3, 0.4) is 0 Å². The van der Waals surface area contributed by atoms with Crippen LogP contribution < -0.4 is 0 Å². The molecule has 0 spiro atoms. The number of aromatic carboxylic acids is 1. The first kappa shape index (κ1) is 14.0. The van der Waals surface area contributed by atoms with Crippen molar-refractivity contribution in [3.8, 4) is 0 Å². The van der Waals surface area contributed by atoms with Crippen LogP contribution in [0.4, 0.5) is 0 Å². The molecule has 1 aliphatic heterocycles. The van der Waals surface area contributed by atoms with E-state index in [9.17, 15) is 13.2 Å². The van der Waals surface area contributed by atoms with Gasteiger partial charge in [0, 0.05) is 18.3 Å². The van der Waals surface area contributed by atoms with Crippen molar-refractivity contribution in [2.75, 3.05) is 6.54 Å². The Morgan fingerprint density at radius 1 is 1.42 bits per heavy atom. The van der Waals surface area contributed by atoms with Crippen LogP contribution in [0, 0.1) is 0 Å². The van der Waals surface area contributed by atoms with Crippen molar-refractivity contribution in [2.45, 2.75) is 37.3 Å². The lowest BCUT2D eigenvalue weighted by molar-refractivity contribution is 0.0696. The number of nitrogens with zero attached hydrogens (tertiary/aromatic N) is 2. The lowest BCUT2D eigenvalue weighted by Gasteiger charge is -2.30. The van der Waals surface area contributed by atoms with E-state index in [4.69, 9.17) is 5.11 Å². The third kappa shape index (κ3) is 2.48. The summed E-state index contributed by atoms with van der Waals surface area (Å²) in [6, 6.07) is 2.50. The van der Waals surface area contributed by atoms with Crippen LogP contribution in [0.15, 0.2) is 23.4 Å². The first-order chi connectivity index (χ1) is 8.75. The summed E-state index contributed by atoms with van der Waals surface area (Å²) in [4.78, 5) is 14.5. The third-order valence-electron chi connectivity index (χ3n) is 3.36. The molecule has 0 saturated carbocycles. The van der Waals surface area contributed by atoms with Gasteiger partial charge >= 0.3 is 5.97 Å². The van der Waals surface area contributed by atoms with E-state index in [1.165, 1.54) is 16.4 Å². The Morgan fingerprint density at radius 2 is 2.11 bits per heavy atom. The highest BCUT2D eigenvalue weighted by Crippen LogP contribution is 2.33. The fourth-order valence-electron chi connectivity index (χ4n) is 2.30. The van der Waals surface area contributed by atoms with Crippen LogP contribution in [-0.4, -0.2) is 40.9 Å². The van der Waals surface area contributed by atoms with E-state index in [0.29, 0.717) is 6.54 Å². The van der Waals surface area contributed by atoms with Crippen molar-refractivity contribution in [3.63, 3.8) is 0 Å². The average Bonchev–Trinajstić information content (AvgIpc) is 2.69. The number of hydrogen-bond donors (Lipinski definition) is 1. The molecular weight excluding hydrogens is 268 g/mol. The second-order valence-electron chi connectivity index (χ2n) is 5.18. The molecule has 0 bridgehead atoms. The number of rotatable bonds is 3. The standard InChI is InChI=1S/C12H16N2O4S/c1-12(2)6-3-7-14(12)19(17,18)10-5-4-9(8-13-10)11(15)16/h4-5,8H,3,6-7H2,1-2H3,(H,15,16). The Hall–Kier alpha value is -1.47. The van der Waals surface area contributed by atoms with Crippen LogP contribution in [-0.2, 0) is 10.0 Å². The number of sulfonamides is 1. The molecule has 0 aromatic carbocycles. The van der Waals surface area contributed by atoms with E-state index in [-0.39, 0.29) is 10.6 Å². The smallest absolute Gasteiger partial charge is 0.337 e. The molecule has 1 aromatic rings. The molecule has 6 nitrogen and oxygen atoms in total. The van der Waals surface area contributed by atoms with Crippen LogP contribution in [0.2, 0.25) is 0 Å². The van der Waals surface area contributed by atoms with Gasteiger partial charge < -0.3 is 5.11 Å². The van der Waals surface area contributed by atoms with Gasteiger partial charge in [-0.15, -0.1) is 0 Å². The van der Waals surface area contributed by atoms with Gasteiger partial charge in [0.15, 0.2) is 5.03 Å². The molecule has 1 aromatic heterocycles. The number of pyridine rings is 1. The number of hydrogen-bond acceptors (Lipinski definition) is 4. The molecule has 0 unspecified atom stereocenters. The number of aromatic nitrogens is 1. The minimum atomic E-state index is -3.66. The quantitative estimate of drug-likeness (QED) is 0.905. The summed E-state index contributed by atoms with van der Waals surface area (Å²) in [5.74, 6) is -1.13. The highest BCUT2D eigenvalue weighted by atomic mass is 32.2. The molecule has 0 amide bonds. The van der Waals surface area contributed by atoms with E-state index < -0.39 is 21.5 Å². The molecule has 7 heteroatoms. The van der Waals surface area contributed by atoms with E-state index in [2.05, 4.69) is 4.98 Å². The van der Waals surface area contributed by atoms with Gasteiger partial charge in [0.1, 0.15) is 0 Å². The Kier molecular flexibility index (Phi) is 3.36. The summed E-state index contributed by atoms with van der Waals surface area (Å²) < 4.78 is 26.3. The molecule has 1 fully saturated rings. The maximum Gasteiger partial charge on any atom is 0.337 e. The summed E-state index contributed by atoms with van der Waals surface area (Å²) in [5.41, 5.74) is -0.453. The van der Waals surface area contributed by atoms with Crippen molar-refractivity contribution >= 4 is 16.0 Å². The van der Waals surface area contributed by atoms with Crippen molar-refractivity contribution < 1.29 is 18.3 Å². The summed E-state index contributed by atoms with van der Waals surface area (Å²) in [7, 11) is -3.66. The number of carboxylic acid groups (broad SMARTS) is 1. The molecule has 1 N–H and O–H groups in total. The molecule has 104 valence electrons. The minimum absolute atomic E-state index is 0.0281. The fourth-order valence-corrected chi connectivity index (χ4v) is 4.06. The first-order valence-corrected chi connectivity index (χ1v) is 7.41. The van der Waals surface area contributed by atoms with Gasteiger partial charge in [-0.25, -0.2) is 18.2 Å². The largest absolute Gasteiger partial charge is 0.478 e. The molecule has 1 aliphatic rings. The van der Waals surface area contributed by atoms with E-state index >= 15 is 0 Å². The maximum absolute atomic E-state index is 12.4. The van der Waals surface area contributed by atoms with Gasteiger partial charge in [-0.2, -0.15) is 4.31 Å². The predicted molar refractivity (Wildman–Crippen MR) is 68.4 cm³/mol.